The van der Waals surface area contributed by atoms with Crippen molar-refractivity contribution in [3.05, 3.63) is 52.8 Å². The Hall–Kier alpha value is -1.34. The molecular weight excluding hydrogens is 347 g/mol. The van der Waals surface area contributed by atoms with Crippen molar-refractivity contribution >= 4 is 33.2 Å². The number of likely N-dealkylation sites (N-methyl/N-ethyl adjacent to an activating group) is 1. The highest BCUT2D eigenvalue weighted by molar-refractivity contribution is 7.89. The Bertz CT molecular complexity index is 736. The molecule has 2 rings (SSSR count). The first-order chi connectivity index (χ1) is 10.4. The summed E-state index contributed by atoms with van der Waals surface area (Å²) in [4.78, 5) is 3.86. The van der Waals surface area contributed by atoms with Crippen LogP contribution in [-0.2, 0) is 10.0 Å². The summed E-state index contributed by atoms with van der Waals surface area (Å²) < 4.78 is 31.3. The fraction of sp³-hybridized carbons (Fsp3) is 0.214. The topological polar surface area (TPSA) is 59.5 Å². The molecule has 1 heterocycles. The number of hydrogen-bond donors (Lipinski definition) is 0. The first kappa shape index (κ1) is 17.0. The van der Waals surface area contributed by atoms with Gasteiger partial charge in [0.1, 0.15) is 22.4 Å². The molecule has 0 aliphatic heterocycles. The van der Waals surface area contributed by atoms with Crippen molar-refractivity contribution in [1.82, 2.24) is 9.29 Å². The minimum absolute atomic E-state index is 0.0853. The molecule has 5 nitrogen and oxygen atoms in total. The van der Waals surface area contributed by atoms with E-state index in [-0.39, 0.29) is 23.2 Å². The van der Waals surface area contributed by atoms with Gasteiger partial charge in [0.15, 0.2) is 0 Å². The van der Waals surface area contributed by atoms with E-state index in [0.29, 0.717) is 10.8 Å². The maximum absolute atomic E-state index is 12.3. The third kappa shape index (κ3) is 4.33. The van der Waals surface area contributed by atoms with Gasteiger partial charge < -0.3 is 4.74 Å². The number of benzene rings is 1. The molecular formula is C14H14Cl2N2O3S. The van der Waals surface area contributed by atoms with Crippen LogP contribution in [0.5, 0.6) is 5.75 Å². The molecule has 0 aliphatic carbocycles. The van der Waals surface area contributed by atoms with Crippen LogP contribution >= 0.6 is 23.2 Å². The Morgan fingerprint density at radius 3 is 2.64 bits per heavy atom. The molecule has 1 aromatic carbocycles. The third-order valence-electron chi connectivity index (χ3n) is 2.88. The van der Waals surface area contributed by atoms with Crippen molar-refractivity contribution in [3.63, 3.8) is 0 Å². The van der Waals surface area contributed by atoms with Crippen LogP contribution < -0.4 is 4.74 Å². The second-order valence-corrected chi connectivity index (χ2v) is 7.32. The molecule has 0 unspecified atom stereocenters. The number of ether oxygens (including phenoxy) is 1. The van der Waals surface area contributed by atoms with Gasteiger partial charge in [0, 0.05) is 24.8 Å². The quantitative estimate of drug-likeness (QED) is 0.742. The van der Waals surface area contributed by atoms with E-state index in [1.54, 1.807) is 24.3 Å². The molecule has 8 heteroatoms. The highest BCUT2D eigenvalue weighted by Gasteiger charge is 2.20. The molecule has 0 saturated heterocycles. The number of rotatable bonds is 6. The van der Waals surface area contributed by atoms with E-state index in [4.69, 9.17) is 27.9 Å². The van der Waals surface area contributed by atoms with Gasteiger partial charge in [-0.2, -0.15) is 4.31 Å². The zero-order valence-corrected chi connectivity index (χ0v) is 14.1. The predicted molar refractivity (Wildman–Crippen MR) is 86.0 cm³/mol. The highest BCUT2D eigenvalue weighted by atomic mass is 35.5. The van der Waals surface area contributed by atoms with Gasteiger partial charge in [0.25, 0.3) is 0 Å². The maximum atomic E-state index is 12.3. The van der Waals surface area contributed by atoms with Crippen LogP contribution in [0.25, 0.3) is 0 Å². The van der Waals surface area contributed by atoms with Gasteiger partial charge in [-0.25, -0.2) is 13.4 Å². The molecule has 0 atom stereocenters. The average Bonchev–Trinajstić information content (AvgIpc) is 2.47. The summed E-state index contributed by atoms with van der Waals surface area (Å²) in [5.41, 5.74) is 0. The Balaban J connectivity index is 1.96. The summed E-state index contributed by atoms with van der Waals surface area (Å²) in [5, 5.41) is 0.802. The van der Waals surface area contributed by atoms with Crippen molar-refractivity contribution in [2.45, 2.75) is 4.90 Å². The molecule has 0 radical (unpaired) electrons. The Labute approximate surface area is 139 Å². The van der Waals surface area contributed by atoms with Crippen molar-refractivity contribution < 1.29 is 13.2 Å². The minimum Gasteiger partial charge on any atom is -0.492 e. The zero-order valence-electron chi connectivity index (χ0n) is 11.7. The molecule has 0 aliphatic rings. The van der Waals surface area contributed by atoms with Crippen LogP contribution in [0, 0.1) is 0 Å². The van der Waals surface area contributed by atoms with Gasteiger partial charge >= 0.3 is 0 Å². The number of aromatic nitrogens is 1. The lowest BCUT2D eigenvalue weighted by atomic mass is 10.3. The van der Waals surface area contributed by atoms with E-state index in [2.05, 4.69) is 4.98 Å². The van der Waals surface area contributed by atoms with Gasteiger partial charge in [-0.05, 0) is 30.3 Å². The zero-order chi connectivity index (χ0) is 16.2. The predicted octanol–water partition coefficient (Wildman–Crippen LogP) is 3.09. The van der Waals surface area contributed by atoms with Crippen molar-refractivity contribution in [2.75, 3.05) is 20.2 Å². The number of nitrogens with zero attached hydrogens (tertiary/aromatic N) is 2. The molecule has 1 aromatic heterocycles. The lowest BCUT2D eigenvalue weighted by Crippen LogP contribution is -2.31. The second kappa shape index (κ2) is 7.28. The fourth-order valence-corrected chi connectivity index (χ4v) is 3.06. The molecule has 2 aromatic rings. The Kier molecular flexibility index (Phi) is 5.63. The molecule has 0 N–H and O–H groups in total. The van der Waals surface area contributed by atoms with E-state index in [1.807, 2.05) is 0 Å². The SMILES string of the molecule is CN(CCOc1cccc(Cl)c1)S(=O)(=O)c1ccc(Cl)nc1. The van der Waals surface area contributed by atoms with Crippen LogP contribution in [-0.4, -0.2) is 37.9 Å². The Morgan fingerprint density at radius 1 is 1.23 bits per heavy atom. The number of sulfonamides is 1. The molecule has 0 bridgehead atoms. The van der Waals surface area contributed by atoms with Gasteiger partial charge in [0.2, 0.25) is 10.0 Å². The van der Waals surface area contributed by atoms with Crippen LogP contribution in [0.15, 0.2) is 47.5 Å². The van der Waals surface area contributed by atoms with Gasteiger partial charge in [-0.15, -0.1) is 0 Å². The van der Waals surface area contributed by atoms with E-state index in [9.17, 15) is 8.42 Å². The van der Waals surface area contributed by atoms with Crippen LogP contribution in [0.1, 0.15) is 0 Å². The minimum atomic E-state index is -3.61. The summed E-state index contributed by atoms with van der Waals surface area (Å²) in [5.74, 6) is 0.589. The Morgan fingerprint density at radius 2 is 2.00 bits per heavy atom. The fourth-order valence-electron chi connectivity index (χ4n) is 1.66. The van der Waals surface area contributed by atoms with Gasteiger partial charge in [0.05, 0.1) is 0 Å². The maximum Gasteiger partial charge on any atom is 0.244 e. The standard InChI is InChI=1S/C14H14Cl2N2O3S/c1-18(7-8-21-12-4-2-3-11(15)9-12)22(19,20)13-5-6-14(16)17-10-13/h2-6,9-10H,7-8H2,1H3. The lowest BCUT2D eigenvalue weighted by Gasteiger charge is -2.17. The van der Waals surface area contributed by atoms with Crippen LogP contribution in [0.3, 0.4) is 0 Å². The summed E-state index contributed by atoms with van der Waals surface area (Å²) in [6.07, 6.45) is 1.23. The normalized spacial score (nSPS) is 11.6. The summed E-state index contributed by atoms with van der Waals surface area (Å²) in [6, 6.07) is 9.77. The van der Waals surface area contributed by atoms with Crippen molar-refractivity contribution in [1.29, 1.82) is 0 Å². The van der Waals surface area contributed by atoms with Crippen molar-refractivity contribution in [2.24, 2.45) is 0 Å². The molecule has 118 valence electrons. The molecule has 0 amide bonds. The highest BCUT2D eigenvalue weighted by Crippen LogP contribution is 2.18. The van der Waals surface area contributed by atoms with Gasteiger partial charge in [-0.3, -0.25) is 0 Å². The molecule has 0 saturated carbocycles. The van der Waals surface area contributed by atoms with E-state index < -0.39 is 10.0 Å². The molecule has 22 heavy (non-hydrogen) atoms. The van der Waals surface area contributed by atoms with E-state index in [0.717, 1.165) is 0 Å². The summed E-state index contributed by atoms with van der Waals surface area (Å²) in [6.45, 7) is 0.397. The lowest BCUT2D eigenvalue weighted by molar-refractivity contribution is 0.287. The largest absolute Gasteiger partial charge is 0.492 e. The number of halogens is 2. The first-order valence-electron chi connectivity index (χ1n) is 6.36. The molecule has 0 spiro atoms. The monoisotopic (exact) mass is 360 g/mol. The third-order valence-corrected chi connectivity index (χ3v) is 5.18. The van der Waals surface area contributed by atoms with Crippen LogP contribution in [0.4, 0.5) is 0 Å². The molecule has 0 fully saturated rings. The number of pyridine rings is 1. The van der Waals surface area contributed by atoms with E-state index in [1.165, 1.54) is 29.7 Å². The summed E-state index contributed by atoms with van der Waals surface area (Å²) >= 11 is 11.5. The second-order valence-electron chi connectivity index (χ2n) is 4.45. The summed E-state index contributed by atoms with van der Waals surface area (Å²) in [7, 11) is -2.13. The van der Waals surface area contributed by atoms with Crippen molar-refractivity contribution in [3.8, 4) is 5.75 Å². The average molecular weight is 361 g/mol. The first-order valence-corrected chi connectivity index (χ1v) is 8.55. The van der Waals surface area contributed by atoms with Crippen LogP contribution in [0.2, 0.25) is 10.2 Å². The smallest absolute Gasteiger partial charge is 0.244 e. The van der Waals surface area contributed by atoms with Gasteiger partial charge in [-0.1, -0.05) is 29.3 Å². The van der Waals surface area contributed by atoms with E-state index >= 15 is 0 Å². The number of hydrogen-bond acceptors (Lipinski definition) is 4.